The molecule has 0 spiro atoms. The number of nitrogens with one attached hydrogen (secondary N) is 1. The highest BCUT2D eigenvalue weighted by Crippen LogP contribution is 2.24. The predicted molar refractivity (Wildman–Crippen MR) is 71.8 cm³/mol. The van der Waals surface area contributed by atoms with Crippen LogP contribution in [0.5, 0.6) is 5.75 Å². The van der Waals surface area contributed by atoms with Gasteiger partial charge in [0.1, 0.15) is 5.75 Å². The van der Waals surface area contributed by atoms with Crippen molar-refractivity contribution in [3.8, 4) is 5.75 Å². The molecule has 100 valence electrons. The van der Waals surface area contributed by atoms with Gasteiger partial charge in [0.05, 0.1) is 12.8 Å². The molecule has 0 saturated carbocycles. The van der Waals surface area contributed by atoms with E-state index in [-0.39, 0.29) is 5.91 Å². The van der Waals surface area contributed by atoms with Crippen LogP contribution in [0.3, 0.4) is 0 Å². The first kappa shape index (κ1) is 14.3. The summed E-state index contributed by atoms with van der Waals surface area (Å²) >= 11 is 0. The van der Waals surface area contributed by atoms with Gasteiger partial charge < -0.3 is 20.5 Å². The van der Waals surface area contributed by atoms with Crippen LogP contribution in [0.1, 0.15) is 19.3 Å². The number of benzene rings is 1. The summed E-state index contributed by atoms with van der Waals surface area (Å²) in [6, 6.07) is 5.18. The topological polar surface area (TPSA) is 73.6 Å². The van der Waals surface area contributed by atoms with Gasteiger partial charge in [-0.25, -0.2) is 0 Å². The molecule has 0 aromatic heterocycles. The van der Waals surface area contributed by atoms with Gasteiger partial charge in [-0.15, -0.1) is 0 Å². The van der Waals surface area contributed by atoms with Crippen LogP contribution in [0.2, 0.25) is 0 Å². The van der Waals surface area contributed by atoms with Gasteiger partial charge >= 0.3 is 0 Å². The van der Waals surface area contributed by atoms with E-state index in [1.807, 2.05) is 0 Å². The predicted octanol–water partition coefficient (Wildman–Crippen LogP) is 2.03. The Morgan fingerprint density at radius 2 is 2.11 bits per heavy atom. The van der Waals surface area contributed by atoms with Crippen molar-refractivity contribution < 1.29 is 14.3 Å². The third-order valence-electron chi connectivity index (χ3n) is 2.52. The zero-order chi connectivity index (χ0) is 13.4. The van der Waals surface area contributed by atoms with Crippen LogP contribution >= 0.6 is 0 Å². The Balaban J connectivity index is 2.42. The molecule has 0 unspecified atom stereocenters. The van der Waals surface area contributed by atoms with Crippen molar-refractivity contribution >= 4 is 17.3 Å². The molecule has 0 atom stereocenters. The van der Waals surface area contributed by atoms with Crippen molar-refractivity contribution in [1.82, 2.24) is 0 Å². The number of hydrogen-bond acceptors (Lipinski definition) is 4. The number of carbonyl (C=O) groups excluding carboxylic acids is 1. The van der Waals surface area contributed by atoms with Crippen molar-refractivity contribution in [1.29, 1.82) is 0 Å². The van der Waals surface area contributed by atoms with Crippen molar-refractivity contribution in [2.45, 2.75) is 19.3 Å². The average molecular weight is 252 g/mol. The number of amides is 1. The highest BCUT2D eigenvalue weighted by Gasteiger charge is 2.04. The molecule has 1 amide bonds. The van der Waals surface area contributed by atoms with Gasteiger partial charge in [-0.2, -0.15) is 0 Å². The van der Waals surface area contributed by atoms with Crippen molar-refractivity contribution in [3.63, 3.8) is 0 Å². The molecule has 5 heteroatoms. The molecule has 0 aliphatic rings. The Kier molecular flexibility index (Phi) is 6.00. The molecule has 3 N–H and O–H groups in total. The summed E-state index contributed by atoms with van der Waals surface area (Å²) in [4.78, 5) is 11.6. The van der Waals surface area contributed by atoms with Crippen LogP contribution in [0.25, 0.3) is 0 Å². The van der Waals surface area contributed by atoms with Gasteiger partial charge in [0.15, 0.2) is 0 Å². The van der Waals surface area contributed by atoms with Gasteiger partial charge in [0.25, 0.3) is 0 Å². The van der Waals surface area contributed by atoms with Crippen LogP contribution in [0.4, 0.5) is 11.4 Å². The molecule has 0 aliphatic carbocycles. The lowest BCUT2D eigenvalue weighted by atomic mass is 10.2. The van der Waals surface area contributed by atoms with E-state index in [4.69, 9.17) is 15.2 Å². The number of anilines is 2. The lowest BCUT2D eigenvalue weighted by Crippen LogP contribution is -2.11. The largest absolute Gasteiger partial charge is 0.495 e. The fourth-order valence-corrected chi connectivity index (χ4v) is 1.57. The molecular weight excluding hydrogens is 232 g/mol. The summed E-state index contributed by atoms with van der Waals surface area (Å²) < 4.78 is 9.97. The fourth-order valence-electron chi connectivity index (χ4n) is 1.57. The average Bonchev–Trinajstić information content (AvgIpc) is 2.35. The Morgan fingerprint density at radius 3 is 2.72 bits per heavy atom. The third-order valence-corrected chi connectivity index (χ3v) is 2.52. The molecule has 1 rings (SSSR count). The summed E-state index contributed by atoms with van der Waals surface area (Å²) in [6.07, 6.45) is 2.18. The van der Waals surface area contributed by atoms with E-state index < -0.39 is 0 Å². The summed E-state index contributed by atoms with van der Waals surface area (Å²) in [5.74, 6) is 0.587. The second-order valence-electron chi connectivity index (χ2n) is 3.95. The third kappa shape index (κ3) is 4.63. The van der Waals surface area contributed by atoms with Gasteiger partial charge in [0, 0.05) is 25.8 Å². The molecule has 5 nitrogen and oxygen atoms in total. The minimum Gasteiger partial charge on any atom is -0.495 e. The molecule has 0 aliphatic heterocycles. The maximum absolute atomic E-state index is 11.6. The van der Waals surface area contributed by atoms with Crippen LogP contribution in [0.15, 0.2) is 18.2 Å². The SMILES string of the molecule is COCCCCC(=O)Nc1ccc(OC)c(N)c1. The molecule has 0 radical (unpaired) electrons. The number of methoxy groups -OCH3 is 2. The van der Waals surface area contributed by atoms with Crippen molar-refractivity contribution in [3.05, 3.63) is 18.2 Å². The Bertz CT molecular complexity index is 394. The summed E-state index contributed by atoms with van der Waals surface area (Å²) in [5, 5.41) is 2.80. The van der Waals surface area contributed by atoms with Crippen molar-refractivity contribution in [2.24, 2.45) is 0 Å². The monoisotopic (exact) mass is 252 g/mol. The molecular formula is C13H20N2O3. The normalized spacial score (nSPS) is 10.1. The number of ether oxygens (including phenoxy) is 2. The number of rotatable bonds is 7. The number of unbranched alkanes of at least 4 members (excludes halogenated alkanes) is 1. The summed E-state index contributed by atoms with van der Waals surface area (Å²) in [5.41, 5.74) is 6.95. The zero-order valence-electron chi connectivity index (χ0n) is 10.9. The lowest BCUT2D eigenvalue weighted by molar-refractivity contribution is -0.116. The molecule has 0 heterocycles. The number of hydrogen-bond donors (Lipinski definition) is 2. The summed E-state index contributed by atoms with van der Waals surface area (Å²) in [7, 11) is 3.21. The Hall–Kier alpha value is -1.75. The lowest BCUT2D eigenvalue weighted by Gasteiger charge is -2.08. The molecule has 0 bridgehead atoms. The molecule has 0 fully saturated rings. The molecule has 0 saturated heterocycles. The van der Waals surface area contributed by atoms with E-state index in [0.29, 0.717) is 30.2 Å². The van der Waals surface area contributed by atoms with Crippen LogP contribution < -0.4 is 15.8 Å². The number of nitrogen functional groups attached to an aromatic ring is 1. The van der Waals surface area contributed by atoms with E-state index in [1.165, 1.54) is 0 Å². The highest BCUT2D eigenvalue weighted by molar-refractivity contribution is 5.91. The first-order valence-electron chi connectivity index (χ1n) is 5.89. The molecule has 1 aromatic rings. The maximum atomic E-state index is 11.6. The summed E-state index contributed by atoms with van der Waals surface area (Å²) in [6.45, 7) is 0.683. The fraction of sp³-hybridized carbons (Fsp3) is 0.462. The quantitative estimate of drug-likeness (QED) is 0.575. The Morgan fingerprint density at radius 1 is 1.33 bits per heavy atom. The second kappa shape index (κ2) is 7.55. The number of nitrogens with two attached hydrogens (primary N) is 1. The van der Waals surface area contributed by atoms with E-state index in [0.717, 1.165) is 12.8 Å². The van der Waals surface area contributed by atoms with E-state index in [9.17, 15) is 4.79 Å². The smallest absolute Gasteiger partial charge is 0.224 e. The van der Waals surface area contributed by atoms with Crippen LogP contribution in [-0.4, -0.2) is 26.7 Å². The van der Waals surface area contributed by atoms with Crippen LogP contribution in [-0.2, 0) is 9.53 Å². The molecule has 18 heavy (non-hydrogen) atoms. The van der Waals surface area contributed by atoms with E-state index in [2.05, 4.69) is 5.32 Å². The minimum atomic E-state index is -0.0179. The highest BCUT2D eigenvalue weighted by atomic mass is 16.5. The minimum absolute atomic E-state index is 0.0179. The van der Waals surface area contributed by atoms with E-state index in [1.54, 1.807) is 32.4 Å². The van der Waals surface area contributed by atoms with Gasteiger partial charge in [-0.3, -0.25) is 4.79 Å². The zero-order valence-corrected chi connectivity index (χ0v) is 10.9. The second-order valence-corrected chi connectivity index (χ2v) is 3.95. The maximum Gasteiger partial charge on any atom is 0.224 e. The Labute approximate surface area is 107 Å². The van der Waals surface area contributed by atoms with Crippen LogP contribution in [0, 0.1) is 0 Å². The van der Waals surface area contributed by atoms with E-state index >= 15 is 0 Å². The first-order valence-corrected chi connectivity index (χ1v) is 5.89. The standard InChI is InChI=1S/C13H20N2O3/c1-17-8-4-3-5-13(16)15-10-6-7-12(18-2)11(14)9-10/h6-7,9H,3-5,8,14H2,1-2H3,(H,15,16). The molecule has 1 aromatic carbocycles. The van der Waals surface area contributed by atoms with Crippen molar-refractivity contribution in [2.75, 3.05) is 31.9 Å². The van der Waals surface area contributed by atoms with Gasteiger partial charge in [0.2, 0.25) is 5.91 Å². The van der Waals surface area contributed by atoms with Gasteiger partial charge in [-0.1, -0.05) is 0 Å². The first-order chi connectivity index (χ1) is 8.67. The number of carbonyl (C=O) groups is 1. The van der Waals surface area contributed by atoms with Gasteiger partial charge in [-0.05, 0) is 31.0 Å².